The summed E-state index contributed by atoms with van der Waals surface area (Å²) in [6.45, 7) is 2.34. The molecule has 0 aromatic heterocycles. The van der Waals surface area contributed by atoms with Crippen molar-refractivity contribution < 1.29 is 28.5 Å². The maximum Gasteiger partial charge on any atom is 0.348 e. The number of hydrogen-bond acceptors (Lipinski definition) is 6. The zero-order chi connectivity index (χ0) is 17.9. The summed E-state index contributed by atoms with van der Waals surface area (Å²) in [5.41, 5.74) is 0.525. The van der Waals surface area contributed by atoms with E-state index < -0.39 is 17.7 Å². The largest absolute Gasteiger partial charge is 0.493 e. The van der Waals surface area contributed by atoms with Gasteiger partial charge in [-0.15, -0.1) is 0 Å². The van der Waals surface area contributed by atoms with Gasteiger partial charge in [0.15, 0.2) is 11.5 Å². The van der Waals surface area contributed by atoms with E-state index in [1.54, 1.807) is 25.3 Å². The molecule has 6 heteroatoms. The molecular weight excluding hydrogens is 324 g/mol. The van der Waals surface area contributed by atoms with Crippen LogP contribution < -0.4 is 9.47 Å². The average molecular weight is 346 g/mol. The first-order valence-electron chi connectivity index (χ1n) is 8.56. The molecule has 134 valence electrons. The smallest absolute Gasteiger partial charge is 0.348 e. The van der Waals surface area contributed by atoms with Crippen molar-refractivity contribution in [3.05, 3.63) is 29.3 Å². The molecule has 0 N–H and O–H groups in total. The van der Waals surface area contributed by atoms with E-state index in [-0.39, 0.29) is 5.57 Å². The van der Waals surface area contributed by atoms with E-state index in [9.17, 15) is 9.59 Å². The molecule has 1 aromatic carbocycles. The van der Waals surface area contributed by atoms with E-state index in [1.165, 1.54) is 6.08 Å². The molecule has 0 amide bonds. The summed E-state index contributed by atoms with van der Waals surface area (Å²) in [6.07, 6.45) is 5.42. The summed E-state index contributed by atoms with van der Waals surface area (Å²) in [7, 11) is 1.55. The molecule has 1 spiro atoms. The summed E-state index contributed by atoms with van der Waals surface area (Å²) in [4.78, 5) is 24.7. The normalized spacial score (nSPS) is 19.2. The SMILES string of the molecule is CCOc1cc(C=C2C(=O)OC3(CCCCC3)OC2=O)ccc1OC. The van der Waals surface area contributed by atoms with Gasteiger partial charge in [0.1, 0.15) is 5.57 Å². The molecule has 2 fully saturated rings. The Morgan fingerprint density at radius 3 is 2.36 bits per heavy atom. The van der Waals surface area contributed by atoms with E-state index in [2.05, 4.69) is 0 Å². The molecule has 2 aliphatic rings. The molecule has 1 aliphatic heterocycles. The summed E-state index contributed by atoms with van der Waals surface area (Å²) in [5, 5.41) is 0. The number of ether oxygens (including phenoxy) is 4. The number of esters is 2. The van der Waals surface area contributed by atoms with Gasteiger partial charge in [-0.05, 0) is 43.5 Å². The van der Waals surface area contributed by atoms with Crippen molar-refractivity contribution in [1.29, 1.82) is 0 Å². The number of carbonyl (C=O) groups excluding carboxylic acids is 2. The van der Waals surface area contributed by atoms with E-state index >= 15 is 0 Å². The second kappa shape index (κ2) is 7.17. The minimum Gasteiger partial charge on any atom is -0.493 e. The Hall–Kier alpha value is -2.50. The number of carbonyl (C=O) groups is 2. The molecule has 1 saturated heterocycles. The predicted octanol–water partition coefficient (Wildman–Crippen LogP) is 3.24. The van der Waals surface area contributed by atoms with Crippen LogP contribution in [0, 0.1) is 0 Å². The molecule has 1 heterocycles. The molecule has 1 aromatic rings. The van der Waals surface area contributed by atoms with Crippen LogP contribution >= 0.6 is 0 Å². The molecule has 3 rings (SSSR count). The van der Waals surface area contributed by atoms with Crippen molar-refractivity contribution in [2.75, 3.05) is 13.7 Å². The first kappa shape index (κ1) is 17.3. The van der Waals surface area contributed by atoms with Gasteiger partial charge in [0.2, 0.25) is 0 Å². The van der Waals surface area contributed by atoms with Crippen molar-refractivity contribution in [3.63, 3.8) is 0 Å². The lowest BCUT2D eigenvalue weighted by Crippen LogP contribution is -2.47. The molecule has 1 saturated carbocycles. The Morgan fingerprint density at radius 1 is 1.08 bits per heavy atom. The Kier molecular flexibility index (Phi) is 4.97. The molecule has 0 unspecified atom stereocenters. The Balaban J connectivity index is 1.85. The minimum atomic E-state index is -1.07. The van der Waals surface area contributed by atoms with Crippen molar-refractivity contribution in [2.24, 2.45) is 0 Å². The van der Waals surface area contributed by atoms with Gasteiger partial charge >= 0.3 is 11.9 Å². The minimum absolute atomic E-state index is 0.108. The van der Waals surface area contributed by atoms with Crippen molar-refractivity contribution in [1.82, 2.24) is 0 Å². The zero-order valence-electron chi connectivity index (χ0n) is 14.5. The summed E-state index contributed by atoms with van der Waals surface area (Å²) >= 11 is 0. The Bertz CT molecular complexity index is 678. The Labute approximate surface area is 146 Å². The van der Waals surface area contributed by atoms with E-state index in [1.807, 2.05) is 6.92 Å². The maximum absolute atomic E-state index is 12.4. The van der Waals surface area contributed by atoms with Gasteiger partial charge in [-0.3, -0.25) is 0 Å². The Morgan fingerprint density at radius 2 is 1.76 bits per heavy atom. The van der Waals surface area contributed by atoms with Crippen LogP contribution in [0.1, 0.15) is 44.6 Å². The first-order valence-corrected chi connectivity index (χ1v) is 8.56. The third kappa shape index (κ3) is 3.62. The van der Waals surface area contributed by atoms with Gasteiger partial charge in [-0.2, -0.15) is 0 Å². The molecule has 6 nitrogen and oxygen atoms in total. The quantitative estimate of drug-likeness (QED) is 0.473. The number of rotatable bonds is 4. The van der Waals surface area contributed by atoms with Crippen LogP contribution in [0.25, 0.3) is 6.08 Å². The topological polar surface area (TPSA) is 71.1 Å². The van der Waals surface area contributed by atoms with Gasteiger partial charge in [-0.25, -0.2) is 9.59 Å². The lowest BCUT2D eigenvalue weighted by atomic mass is 9.93. The van der Waals surface area contributed by atoms with Crippen molar-refractivity contribution >= 4 is 18.0 Å². The molecule has 0 bridgehead atoms. The zero-order valence-corrected chi connectivity index (χ0v) is 14.5. The van der Waals surface area contributed by atoms with Crippen LogP contribution in [0.3, 0.4) is 0 Å². The molecule has 0 atom stereocenters. The third-order valence-electron chi connectivity index (χ3n) is 4.41. The fourth-order valence-electron chi connectivity index (χ4n) is 3.18. The van der Waals surface area contributed by atoms with Crippen LogP contribution in [-0.2, 0) is 19.1 Å². The summed E-state index contributed by atoms with van der Waals surface area (Å²) < 4.78 is 21.7. The van der Waals surface area contributed by atoms with Crippen LogP contribution in [0.4, 0.5) is 0 Å². The summed E-state index contributed by atoms with van der Waals surface area (Å²) in [5.74, 6) is -1.21. The van der Waals surface area contributed by atoms with E-state index in [0.717, 1.165) is 19.3 Å². The van der Waals surface area contributed by atoms with Gasteiger partial charge in [0.25, 0.3) is 5.79 Å². The van der Waals surface area contributed by atoms with Crippen molar-refractivity contribution in [2.45, 2.75) is 44.8 Å². The lowest BCUT2D eigenvalue weighted by Gasteiger charge is -2.38. The monoisotopic (exact) mass is 346 g/mol. The van der Waals surface area contributed by atoms with Gasteiger partial charge < -0.3 is 18.9 Å². The third-order valence-corrected chi connectivity index (χ3v) is 4.41. The molecular formula is C19H22O6. The highest BCUT2D eigenvalue weighted by molar-refractivity contribution is 6.18. The fourth-order valence-corrected chi connectivity index (χ4v) is 3.18. The molecule has 25 heavy (non-hydrogen) atoms. The summed E-state index contributed by atoms with van der Waals surface area (Å²) in [6, 6.07) is 5.17. The van der Waals surface area contributed by atoms with Crippen LogP contribution in [-0.4, -0.2) is 31.4 Å². The van der Waals surface area contributed by atoms with Gasteiger partial charge in [-0.1, -0.05) is 12.5 Å². The highest BCUT2D eigenvalue weighted by Crippen LogP contribution is 2.37. The van der Waals surface area contributed by atoms with Gasteiger partial charge in [0.05, 0.1) is 13.7 Å². The predicted molar refractivity (Wildman–Crippen MR) is 90.1 cm³/mol. The molecule has 1 aliphatic carbocycles. The van der Waals surface area contributed by atoms with E-state index in [4.69, 9.17) is 18.9 Å². The first-order chi connectivity index (χ1) is 12.1. The average Bonchev–Trinajstić information content (AvgIpc) is 2.59. The number of methoxy groups -OCH3 is 1. The second-order valence-electron chi connectivity index (χ2n) is 6.15. The van der Waals surface area contributed by atoms with Crippen LogP contribution in [0.15, 0.2) is 23.8 Å². The maximum atomic E-state index is 12.4. The van der Waals surface area contributed by atoms with Crippen LogP contribution in [0.2, 0.25) is 0 Å². The highest BCUT2D eigenvalue weighted by Gasteiger charge is 2.46. The van der Waals surface area contributed by atoms with Crippen LogP contribution in [0.5, 0.6) is 11.5 Å². The highest BCUT2D eigenvalue weighted by atomic mass is 16.7. The second-order valence-corrected chi connectivity index (χ2v) is 6.15. The lowest BCUT2D eigenvalue weighted by molar-refractivity contribution is -0.244. The van der Waals surface area contributed by atoms with Gasteiger partial charge in [0, 0.05) is 12.8 Å². The fraction of sp³-hybridized carbons (Fsp3) is 0.474. The molecule has 0 radical (unpaired) electrons. The number of hydrogen-bond donors (Lipinski definition) is 0. The standard InChI is InChI=1S/C19H22O6/c1-3-23-16-12-13(7-8-15(16)22-2)11-14-17(20)24-19(25-18(14)21)9-5-4-6-10-19/h7-8,11-12H,3-6,9-10H2,1-2H3. The van der Waals surface area contributed by atoms with E-state index in [0.29, 0.717) is 36.5 Å². The number of benzene rings is 1. The van der Waals surface area contributed by atoms with Crippen molar-refractivity contribution in [3.8, 4) is 11.5 Å².